The molecule has 0 saturated carbocycles. The number of aromatic nitrogens is 2. The number of aromatic amines is 1. The summed E-state index contributed by atoms with van der Waals surface area (Å²) in [5.41, 5.74) is 4.80. The van der Waals surface area contributed by atoms with E-state index in [1.807, 2.05) is 6.07 Å². The Morgan fingerprint density at radius 3 is 2.64 bits per heavy atom. The maximum atomic E-state index is 4.01. The number of likely N-dealkylation sites (tertiary alicyclic amines) is 1. The molecule has 2 aromatic carbocycles. The second-order valence-corrected chi connectivity index (χ2v) is 6.75. The first kappa shape index (κ1) is 15.9. The summed E-state index contributed by atoms with van der Waals surface area (Å²) in [6, 6.07) is 21.8. The van der Waals surface area contributed by atoms with Gasteiger partial charge in [-0.1, -0.05) is 42.5 Å². The number of piperidine rings is 1. The van der Waals surface area contributed by atoms with Crippen LogP contribution in [0.25, 0.3) is 11.3 Å². The van der Waals surface area contributed by atoms with E-state index in [4.69, 9.17) is 0 Å². The van der Waals surface area contributed by atoms with Crippen LogP contribution in [0.3, 0.4) is 0 Å². The van der Waals surface area contributed by atoms with Crippen molar-refractivity contribution in [1.82, 2.24) is 15.1 Å². The molecule has 1 atom stereocenters. The molecule has 0 radical (unpaired) electrons. The summed E-state index contributed by atoms with van der Waals surface area (Å²) < 4.78 is 0. The Hall–Kier alpha value is -2.59. The molecule has 4 rings (SSSR count). The molecular formula is C21H24N4. The molecule has 1 fully saturated rings. The van der Waals surface area contributed by atoms with Crippen molar-refractivity contribution in [1.29, 1.82) is 0 Å². The average molecular weight is 332 g/mol. The van der Waals surface area contributed by atoms with E-state index in [0.717, 1.165) is 24.3 Å². The molecule has 4 heteroatoms. The van der Waals surface area contributed by atoms with Gasteiger partial charge in [0.15, 0.2) is 0 Å². The maximum absolute atomic E-state index is 4.01. The number of rotatable bonds is 5. The molecule has 1 aliphatic heterocycles. The summed E-state index contributed by atoms with van der Waals surface area (Å²) >= 11 is 0. The highest BCUT2D eigenvalue weighted by molar-refractivity contribution is 5.62. The highest BCUT2D eigenvalue weighted by Crippen LogP contribution is 2.21. The summed E-state index contributed by atoms with van der Waals surface area (Å²) in [7, 11) is 0. The fourth-order valence-corrected chi connectivity index (χ4v) is 3.56. The van der Waals surface area contributed by atoms with Gasteiger partial charge in [0.05, 0.1) is 5.69 Å². The maximum Gasteiger partial charge on any atom is 0.0650 e. The van der Waals surface area contributed by atoms with Crippen molar-refractivity contribution in [2.75, 3.05) is 18.4 Å². The van der Waals surface area contributed by atoms with E-state index in [0.29, 0.717) is 6.04 Å². The van der Waals surface area contributed by atoms with Crippen molar-refractivity contribution in [3.8, 4) is 11.3 Å². The largest absolute Gasteiger partial charge is 0.381 e. The molecule has 0 aliphatic carbocycles. The zero-order valence-corrected chi connectivity index (χ0v) is 14.4. The summed E-state index contributed by atoms with van der Waals surface area (Å²) in [5.74, 6) is 0. The van der Waals surface area contributed by atoms with Crippen LogP contribution < -0.4 is 5.32 Å². The lowest BCUT2D eigenvalue weighted by Gasteiger charge is -2.33. The highest BCUT2D eigenvalue weighted by atomic mass is 15.2. The van der Waals surface area contributed by atoms with Gasteiger partial charge < -0.3 is 5.32 Å². The van der Waals surface area contributed by atoms with E-state index in [2.05, 4.69) is 75.0 Å². The predicted molar refractivity (Wildman–Crippen MR) is 102 cm³/mol. The van der Waals surface area contributed by atoms with Crippen LogP contribution in [0, 0.1) is 0 Å². The second-order valence-electron chi connectivity index (χ2n) is 6.75. The number of nitrogens with one attached hydrogen (secondary N) is 2. The van der Waals surface area contributed by atoms with Crippen LogP contribution in [-0.2, 0) is 6.54 Å². The van der Waals surface area contributed by atoms with Crippen LogP contribution in [0.1, 0.15) is 18.4 Å². The van der Waals surface area contributed by atoms with Crippen molar-refractivity contribution < 1.29 is 0 Å². The van der Waals surface area contributed by atoms with E-state index < -0.39 is 0 Å². The summed E-state index contributed by atoms with van der Waals surface area (Å²) in [6.45, 7) is 3.32. The summed E-state index contributed by atoms with van der Waals surface area (Å²) in [6.07, 6.45) is 4.26. The van der Waals surface area contributed by atoms with Crippen LogP contribution >= 0.6 is 0 Å². The van der Waals surface area contributed by atoms with Crippen molar-refractivity contribution in [2.24, 2.45) is 0 Å². The molecule has 25 heavy (non-hydrogen) atoms. The van der Waals surface area contributed by atoms with Crippen LogP contribution in [0.4, 0.5) is 5.69 Å². The van der Waals surface area contributed by atoms with Gasteiger partial charge in [0, 0.05) is 31.0 Å². The van der Waals surface area contributed by atoms with E-state index in [1.165, 1.54) is 30.6 Å². The lowest BCUT2D eigenvalue weighted by atomic mass is 10.0. The quantitative estimate of drug-likeness (QED) is 0.737. The fourth-order valence-electron chi connectivity index (χ4n) is 3.56. The third-order valence-electron chi connectivity index (χ3n) is 4.82. The zero-order chi connectivity index (χ0) is 16.9. The molecule has 1 saturated heterocycles. The van der Waals surface area contributed by atoms with Crippen LogP contribution in [0.2, 0.25) is 0 Å². The van der Waals surface area contributed by atoms with Gasteiger partial charge in [-0.15, -0.1) is 0 Å². The SMILES string of the molecule is c1ccc(CN2CCCC(Nc3ccc(-c4ccn[nH]4)cc3)C2)cc1. The van der Waals surface area contributed by atoms with Gasteiger partial charge in [0.2, 0.25) is 0 Å². The van der Waals surface area contributed by atoms with Gasteiger partial charge in [-0.3, -0.25) is 10.00 Å². The molecule has 3 aromatic rings. The molecule has 1 aromatic heterocycles. The van der Waals surface area contributed by atoms with Gasteiger partial charge >= 0.3 is 0 Å². The van der Waals surface area contributed by atoms with Crippen LogP contribution in [0.5, 0.6) is 0 Å². The third-order valence-corrected chi connectivity index (χ3v) is 4.82. The Balaban J connectivity index is 1.35. The van der Waals surface area contributed by atoms with Gasteiger partial charge in [0.1, 0.15) is 0 Å². The number of anilines is 1. The Kier molecular flexibility index (Phi) is 4.79. The Bertz CT molecular complexity index is 765. The van der Waals surface area contributed by atoms with E-state index in [-0.39, 0.29) is 0 Å². The topological polar surface area (TPSA) is 44.0 Å². The fraction of sp³-hybridized carbons (Fsp3) is 0.286. The number of hydrogen-bond donors (Lipinski definition) is 2. The molecule has 4 nitrogen and oxygen atoms in total. The first-order valence-electron chi connectivity index (χ1n) is 8.99. The number of H-pyrrole nitrogens is 1. The smallest absolute Gasteiger partial charge is 0.0650 e. The summed E-state index contributed by atoms with van der Waals surface area (Å²) in [5, 5.41) is 10.7. The highest BCUT2D eigenvalue weighted by Gasteiger charge is 2.19. The standard InChI is InChI=1S/C21H24N4/c1-2-5-17(6-3-1)15-25-14-4-7-20(16-25)23-19-10-8-18(9-11-19)21-12-13-22-24-21/h1-3,5-6,8-13,20,23H,4,7,14-16H2,(H,22,24). The van der Waals surface area contributed by atoms with Crippen molar-refractivity contribution in [3.63, 3.8) is 0 Å². The van der Waals surface area contributed by atoms with Crippen LogP contribution in [-0.4, -0.2) is 34.2 Å². The molecule has 2 N–H and O–H groups in total. The molecule has 0 amide bonds. The van der Waals surface area contributed by atoms with E-state index in [9.17, 15) is 0 Å². The zero-order valence-electron chi connectivity index (χ0n) is 14.4. The number of nitrogens with zero attached hydrogens (tertiary/aromatic N) is 2. The van der Waals surface area contributed by atoms with Gasteiger partial charge in [0.25, 0.3) is 0 Å². The van der Waals surface area contributed by atoms with Crippen molar-refractivity contribution in [2.45, 2.75) is 25.4 Å². The first-order valence-corrected chi connectivity index (χ1v) is 8.99. The first-order chi connectivity index (χ1) is 12.4. The van der Waals surface area contributed by atoms with Crippen LogP contribution in [0.15, 0.2) is 66.9 Å². The lowest BCUT2D eigenvalue weighted by Crippen LogP contribution is -2.41. The monoisotopic (exact) mass is 332 g/mol. The van der Waals surface area contributed by atoms with Crippen molar-refractivity contribution >= 4 is 5.69 Å². The molecule has 1 aliphatic rings. The predicted octanol–water partition coefficient (Wildman–Crippen LogP) is 4.15. The second kappa shape index (κ2) is 7.53. The Morgan fingerprint density at radius 2 is 1.88 bits per heavy atom. The molecule has 128 valence electrons. The minimum Gasteiger partial charge on any atom is -0.381 e. The van der Waals surface area contributed by atoms with Gasteiger partial charge in [-0.25, -0.2) is 0 Å². The molecule has 2 heterocycles. The van der Waals surface area contributed by atoms with E-state index in [1.54, 1.807) is 6.20 Å². The third kappa shape index (κ3) is 4.09. The number of benzene rings is 2. The Labute approximate surface area is 148 Å². The van der Waals surface area contributed by atoms with Gasteiger partial charge in [-0.2, -0.15) is 5.10 Å². The average Bonchev–Trinajstić information content (AvgIpc) is 3.18. The molecule has 1 unspecified atom stereocenters. The minimum absolute atomic E-state index is 0.510. The molecule has 0 bridgehead atoms. The van der Waals surface area contributed by atoms with Gasteiger partial charge in [-0.05, 0) is 48.7 Å². The lowest BCUT2D eigenvalue weighted by molar-refractivity contribution is 0.208. The van der Waals surface area contributed by atoms with E-state index >= 15 is 0 Å². The normalized spacial score (nSPS) is 18.2. The summed E-state index contributed by atoms with van der Waals surface area (Å²) in [4.78, 5) is 2.55. The minimum atomic E-state index is 0.510. The molecule has 0 spiro atoms. The molecular weight excluding hydrogens is 308 g/mol. The van der Waals surface area contributed by atoms with Crippen molar-refractivity contribution in [3.05, 3.63) is 72.4 Å². The number of hydrogen-bond acceptors (Lipinski definition) is 3. The Morgan fingerprint density at radius 1 is 1.04 bits per heavy atom.